The van der Waals surface area contributed by atoms with E-state index in [1.165, 1.54) is 11.6 Å². The van der Waals surface area contributed by atoms with Gasteiger partial charge in [-0.2, -0.15) is 0 Å². The van der Waals surface area contributed by atoms with E-state index < -0.39 is 0 Å². The van der Waals surface area contributed by atoms with Crippen LogP contribution in [0.4, 0.5) is 0 Å². The SMILES string of the molecule is C=CC(=O)OC(CC)c1ccccc1CCO[SiH3]. The number of hydrogen-bond acceptors (Lipinski definition) is 3. The van der Waals surface area contributed by atoms with E-state index in [-0.39, 0.29) is 12.1 Å². The molecule has 18 heavy (non-hydrogen) atoms. The molecular weight excluding hydrogens is 244 g/mol. The van der Waals surface area contributed by atoms with Gasteiger partial charge in [0, 0.05) is 12.7 Å². The minimum absolute atomic E-state index is 0.208. The summed E-state index contributed by atoms with van der Waals surface area (Å²) < 4.78 is 10.6. The van der Waals surface area contributed by atoms with Crippen LogP contribution in [0.15, 0.2) is 36.9 Å². The van der Waals surface area contributed by atoms with Gasteiger partial charge in [0.2, 0.25) is 0 Å². The first-order chi connectivity index (χ1) is 8.72. The Morgan fingerprint density at radius 1 is 1.50 bits per heavy atom. The van der Waals surface area contributed by atoms with Crippen LogP contribution < -0.4 is 0 Å². The molecule has 0 saturated carbocycles. The Hall–Kier alpha value is -1.39. The average molecular weight is 264 g/mol. The Labute approximate surface area is 111 Å². The molecule has 0 amide bonds. The number of hydrogen-bond donors (Lipinski definition) is 0. The highest BCUT2D eigenvalue weighted by Gasteiger charge is 2.16. The molecule has 0 spiro atoms. The lowest BCUT2D eigenvalue weighted by molar-refractivity contribution is -0.143. The van der Waals surface area contributed by atoms with Crippen LogP contribution in [0, 0.1) is 0 Å². The van der Waals surface area contributed by atoms with E-state index in [4.69, 9.17) is 9.16 Å². The van der Waals surface area contributed by atoms with Crippen LogP contribution in [0.2, 0.25) is 0 Å². The van der Waals surface area contributed by atoms with Gasteiger partial charge >= 0.3 is 5.97 Å². The lowest BCUT2D eigenvalue weighted by Gasteiger charge is -2.19. The zero-order chi connectivity index (χ0) is 13.4. The predicted octanol–water partition coefficient (Wildman–Crippen LogP) is 1.71. The molecule has 1 aromatic carbocycles. The van der Waals surface area contributed by atoms with Crippen LogP contribution in [0.5, 0.6) is 0 Å². The summed E-state index contributed by atoms with van der Waals surface area (Å²) in [4.78, 5) is 11.3. The van der Waals surface area contributed by atoms with Gasteiger partial charge in [-0.1, -0.05) is 37.8 Å². The molecule has 1 atom stereocenters. The predicted molar refractivity (Wildman–Crippen MR) is 75.4 cm³/mol. The summed E-state index contributed by atoms with van der Waals surface area (Å²) >= 11 is 0. The normalized spacial score (nSPS) is 12.1. The lowest BCUT2D eigenvalue weighted by atomic mass is 9.98. The number of esters is 1. The van der Waals surface area contributed by atoms with Crippen molar-refractivity contribution in [1.82, 2.24) is 0 Å². The van der Waals surface area contributed by atoms with Crippen molar-refractivity contribution in [2.75, 3.05) is 6.61 Å². The van der Waals surface area contributed by atoms with Crippen molar-refractivity contribution in [2.24, 2.45) is 0 Å². The third-order valence-corrected chi connectivity index (χ3v) is 3.18. The van der Waals surface area contributed by atoms with Gasteiger partial charge in [0.1, 0.15) is 16.6 Å². The monoisotopic (exact) mass is 264 g/mol. The fraction of sp³-hybridized carbons (Fsp3) is 0.357. The Kier molecular flexibility index (Phi) is 6.39. The smallest absolute Gasteiger partial charge is 0.330 e. The van der Waals surface area contributed by atoms with Crippen molar-refractivity contribution < 1.29 is 14.0 Å². The summed E-state index contributed by atoms with van der Waals surface area (Å²) in [5, 5.41) is 0. The number of ether oxygens (including phenoxy) is 1. The minimum Gasteiger partial charge on any atom is -0.454 e. The van der Waals surface area contributed by atoms with Gasteiger partial charge in [-0.15, -0.1) is 0 Å². The van der Waals surface area contributed by atoms with Gasteiger partial charge in [-0.05, 0) is 24.0 Å². The maximum absolute atomic E-state index is 11.3. The molecule has 0 bridgehead atoms. The van der Waals surface area contributed by atoms with E-state index >= 15 is 0 Å². The summed E-state index contributed by atoms with van der Waals surface area (Å²) in [6.45, 7) is 6.14. The Morgan fingerprint density at radius 3 is 2.83 bits per heavy atom. The van der Waals surface area contributed by atoms with Crippen molar-refractivity contribution in [1.29, 1.82) is 0 Å². The van der Waals surface area contributed by atoms with Gasteiger partial charge < -0.3 is 9.16 Å². The molecule has 0 aromatic heterocycles. The maximum atomic E-state index is 11.3. The van der Waals surface area contributed by atoms with Crippen LogP contribution in [-0.2, 0) is 20.4 Å². The zero-order valence-corrected chi connectivity index (χ0v) is 13.0. The van der Waals surface area contributed by atoms with Gasteiger partial charge in [0.05, 0.1) is 0 Å². The van der Waals surface area contributed by atoms with Crippen LogP contribution in [0.25, 0.3) is 0 Å². The van der Waals surface area contributed by atoms with Crippen LogP contribution in [0.3, 0.4) is 0 Å². The van der Waals surface area contributed by atoms with Crippen LogP contribution >= 0.6 is 0 Å². The fourth-order valence-electron chi connectivity index (χ4n) is 1.84. The highest BCUT2D eigenvalue weighted by molar-refractivity contribution is 5.97. The van der Waals surface area contributed by atoms with Gasteiger partial charge in [0.25, 0.3) is 0 Å². The quantitative estimate of drug-likeness (QED) is 0.427. The number of benzene rings is 1. The Morgan fingerprint density at radius 2 is 2.22 bits per heavy atom. The fourth-order valence-corrected chi connectivity index (χ4v) is 2.05. The molecule has 0 heterocycles. The average Bonchev–Trinajstić information content (AvgIpc) is 2.42. The molecule has 0 aliphatic rings. The molecular formula is C14H20O3Si. The van der Waals surface area contributed by atoms with Crippen molar-refractivity contribution in [3.8, 4) is 0 Å². The summed E-state index contributed by atoms with van der Waals surface area (Å²) in [5.74, 6) is -0.379. The van der Waals surface area contributed by atoms with Gasteiger partial charge in [0.15, 0.2) is 0 Å². The third kappa shape index (κ3) is 4.12. The molecule has 3 nitrogen and oxygen atoms in total. The summed E-state index contributed by atoms with van der Waals surface area (Å²) in [5.41, 5.74) is 2.24. The Bertz CT molecular complexity index is 404. The molecule has 0 radical (unpaired) electrons. The second kappa shape index (κ2) is 7.84. The zero-order valence-electron chi connectivity index (χ0n) is 11.0. The van der Waals surface area contributed by atoms with E-state index in [1.54, 1.807) is 0 Å². The largest absolute Gasteiger partial charge is 0.454 e. The highest BCUT2D eigenvalue weighted by atomic mass is 28.2. The summed E-state index contributed by atoms with van der Waals surface area (Å²) in [6, 6.07) is 8.02. The van der Waals surface area contributed by atoms with Gasteiger partial charge in [-0.25, -0.2) is 4.79 Å². The van der Waals surface area contributed by atoms with E-state index in [1.807, 2.05) is 25.1 Å². The van der Waals surface area contributed by atoms with Crippen molar-refractivity contribution in [3.05, 3.63) is 48.0 Å². The third-order valence-electron chi connectivity index (χ3n) is 2.77. The second-order valence-corrected chi connectivity index (χ2v) is 4.56. The number of carbonyl (C=O) groups is 1. The number of carbonyl (C=O) groups excluding carboxylic acids is 1. The van der Waals surface area contributed by atoms with E-state index in [0.29, 0.717) is 0 Å². The molecule has 0 N–H and O–H groups in total. The van der Waals surface area contributed by atoms with Gasteiger partial charge in [-0.3, -0.25) is 0 Å². The highest BCUT2D eigenvalue weighted by Crippen LogP contribution is 2.25. The number of rotatable bonds is 7. The van der Waals surface area contributed by atoms with Crippen LogP contribution in [0.1, 0.15) is 30.6 Å². The van der Waals surface area contributed by atoms with Crippen molar-refractivity contribution in [3.63, 3.8) is 0 Å². The lowest BCUT2D eigenvalue weighted by Crippen LogP contribution is -2.11. The maximum Gasteiger partial charge on any atom is 0.330 e. The minimum atomic E-state index is -0.379. The van der Waals surface area contributed by atoms with Crippen molar-refractivity contribution in [2.45, 2.75) is 25.9 Å². The molecule has 98 valence electrons. The second-order valence-electron chi connectivity index (χ2n) is 3.98. The molecule has 0 aliphatic carbocycles. The first-order valence-electron chi connectivity index (χ1n) is 6.12. The molecule has 1 unspecified atom stereocenters. The van der Waals surface area contributed by atoms with E-state index in [0.717, 1.165) is 35.5 Å². The van der Waals surface area contributed by atoms with E-state index in [9.17, 15) is 4.79 Å². The first kappa shape index (κ1) is 14.7. The van der Waals surface area contributed by atoms with Crippen molar-refractivity contribution >= 4 is 16.5 Å². The Balaban J connectivity index is 2.89. The standard InChI is InChI=1S/C14H20O3Si/c1-3-13(17-14(15)4-2)12-8-6-5-7-11(12)9-10-16-18/h4-8,13H,2-3,9-10H2,1,18H3. The topological polar surface area (TPSA) is 35.5 Å². The molecule has 0 saturated heterocycles. The molecule has 0 aliphatic heterocycles. The molecule has 0 fully saturated rings. The van der Waals surface area contributed by atoms with E-state index in [2.05, 4.69) is 12.6 Å². The first-order valence-corrected chi connectivity index (χ1v) is 6.94. The van der Waals surface area contributed by atoms with Crippen LogP contribution in [-0.4, -0.2) is 23.1 Å². The molecule has 1 aromatic rings. The summed E-state index contributed by atoms with van der Waals surface area (Å²) in [6.07, 6.45) is 2.59. The molecule has 4 heteroatoms. The summed E-state index contributed by atoms with van der Waals surface area (Å²) in [7, 11) is 0.745. The molecule has 1 rings (SSSR count).